The third-order valence-electron chi connectivity index (χ3n) is 3.42. The standard InChI is InChI=1S/C14H13ClN2O6/c1-7(12(18)17-3-2-16-14(17)20)23-13(19)8-4-9(15)11-10(5-8)21-6-22-11/h4-5,7H,2-3,6H2,1H3,(H,16,20)/t7-/m1/s1. The molecule has 0 spiro atoms. The lowest BCUT2D eigenvalue weighted by atomic mass is 10.2. The molecule has 2 aliphatic rings. The second-order valence-electron chi connectivity index (χ2n) is 4.96. The van der Waals surface area contributed by atoms with E-state index >= 15 is 0 Å². The molecule has 3 rings (SSSR count). The maximum absolute atomic E-state index is 12.2. The average molecular weight is 341 g/mol. The van der Waals surface area contributed by atoms with E-state index in [1.54, 1.807) is 0 Å². The average Bonchev–Trinajstić information content (AvgIpc) is 3.15. The molecule has 8 nitrogen and oxygen atoms in total. The van der Waals surface area contributed by atoms with E-state index in [1.165, 1.54) is 19.1 Å². The molecular formula is C14H13ClN2O6. The highest BCUT2D eigenvalue weighted by Gasteiger charge is 2.32. The van der Waals surface area contributed by atoms with E-state index in [-0.39, 0.29) is 23.9 Å². The number of amides is 3. The van der Waals surface area contributed by atoms with Crippen molar-refractivity contribution in [2.45, 2.75) is 13.0 Å². The van der Waals surface area contributed by atoms with Crippen LogP contribution in [0.5, 0.6) is 11.5 Å². The molecule has 0 bridgehead atoms. The molecule has 2 aliphatic heterocycles. The summed E-state index contributed by atoms with van der Waals surface area (Å²) in [5.74, 6) is -0.630. The number of imide groups is 1. The smallest absolute Gasteiger partial charge is 0.339 e. The minimum atomic E-state index is -1.10. The van der Waals surface area contributed by atoms with Crippen LogP contribution in [0.15, 0.2) is 12.1 Å². The molecule has 1 aromatic rings. The van der Waals surface area contributed by atoms with Crippen LogP contribution in [-0.2, 0) is 9.53 Å². The SMILES string of the molecule is C[C@@H](OC(=O)c1cc(Cl)c2c(c1)OCO2)C(=O)N1CCNC1=O. The number of nitrogens with one attached hydrogen (secondary N) is 1. The highest BCUT2D eigenvalue weighted by Crippen LogP contribution is 2.39. The highest BCUT2D eigenvalue weighted by atomic mass is 35.5. The van der Waals surface area contributed by atoms with Gasteiger partial charge in [0, 0.05) is 13.1 Å². The number of halogens is 1. The minimum Gasteiger partial charge on any atom is -0.454 e. The summed E-state index contributed by atoms with van der Waals surface area (Å²) in [5, 5.41) is 2.72. The number of rotatable bonds is 3. The van der Waals surface area contributed by atoms with Gasteiger partial charge in [-0.3, -0.25) is 9.69 Å². The van der Waals surface area contributed by atoms with Crippen LogP contribution < -0.4 is 14.8 Å². The number of fused-ring (bicyclic) bond motifs is 1. The number of carbonyl (C=O) groups excluding carboxylic acids is 3. The van der Waals surface area contributed by atoms with E-state index < -0.39 is 24.0 Å². The predicted octanol–water partition coefficient (Wildman–Crippen LogP) is 1.17. The fraction of sp³-hybridized carbons (Fsp3) is 0.357. The summed E-state index contributed by atoms with van der Waals surface area (Å²) in [6, 6.07) is 2.30. The van der Waals surface area contributed by atoms with E-state index in [0.29, 0.717) is 18.0 Å². The Balaban J connectivity index is 1.70. The lowest BCUT2D eigenvalue weighted by Gasteiger charge is -2.18. The second kappa shape index (κ2) is 5.96. The van der Waals surface area contributed by atoms with Crippen LogP contribution in [0, 0.1) is 0 Å². The molecule has 0 aliphatic carbocycles. The van der Waals surface area contributed by atoms with Gasteiger partial charge in [0.05, 0.1) is 10.6 Å². The van der Waals surface area contributed by atoms with Gasteiger partial charge in [-0.05, 0) is 19.1 Å². The van der Waals surface area contributed by atoms with Crippen LogP contribution in [0.25, 0.3) is 0 Å². The minimum absolute atomic E-state index is 0.0204. The van der Waals surface area contributed by atoms with Crippen molar-refractivity contribution in [1.29, 1.82) is 0 Å². The van der Waals surface area contributed by atoms with Crippen LogP contribution in [0.3, 0.4) is 0 Å². The van der Waals surface area contributed by atoms with Crippen molar-refractivity contribution >= 4 is 29.5 Å². The Morgan fingerprint density at radius 3 is 2.87 bits per heavy atom. The zero-order valence-corrected chi connectivity index (χ0v) is 12.9. The van der Waals surface area contributed by atoms with E-state index in [9.17, 15) is 14.4 Å². The molecule has 0 unspecified atom stereocenters. The Hall–Kier alpha value is -2.48. The first-order valence-corrected chi connectivity index (χ1v) is 7.24. The molecule has 3 amide bonds. The molecule has 23 heavy (non-hydrogen) atoms. The number of carbonyl (C=O) groups is 3. The Labute approximate surface area is 136 Å². The van der Waals surface area contributed by atoms with Crippen LogP contribution in [0.4, 0.5) is 4.79 Å². The number of urea groups is 1. The first kappa shape index (κ1) is 15.4. The first-order valence-electron chi connectivity index (χ1n) is 6.86. The largest absolute Gasteiger partial charge is 0.454 e. The van der Waals surface area contributed by atoms with E-state index in [4.69, 9.17) is 25.8 Å². The third-order valence-corrected chi connectivity index (χ3v) is 3.70. The lowest BCUT2D eigenvalue weighted by Crippen LogP contribution is -2.41. The van der Waals surface area contributed by atoms with Gasteiger partial charge in [0.25, 0.3) is 5.91 Å². The normalized spacial score (nSPS) is 17.0. The van der Waals surface area contributed by atoms with Crippen LogP contribution >= 0.6 is 11.6 Å². The van der Waals surface area contributed by atoms with E-state index in [1.807, 2.05) is 0 Å². The van der Waals surface area contributed by atoms with Gasteiger partial charge in [0.1, 0.15) is 0 Å². The molecule has 1 aromatic carbocycles. The summed E-state index contributed by atoms with van der Waals surface area (Å²) < 4.78 is 15.4. The van der Waals surface area contributed by atoms with Gasteiger partial charge in [-0.15, -0.1) is 0 Å². The van der Waals surface area contributed by atoms with Gasteiger partial charge in [-0.1, -0.05) is 11.6 Å². The molecule has 0 radical (unpaired) electrons. The number of esters is 1. The van der Waals surface area contributed by atoms with Crippen LogP contribution in [-0.4, -0.2) is 48.8 Å². The van der Waals surface area contributed by atoms with Crippen molar-refractivity contribution in [3.63, 3.8) is 0 Å². The molecule has 0 saturated carbocycles. The number of hydrogen-bond donors (Lipinski definition) is 1. The quantitative estimate of drug-likeness (QED) is 0.830. The van der Waals surface area contributed by atoms with Crippen LogP contribution in [0.1, 0.15) is 17.3 Å². The van der Waals surface area contributed by atoms with E-state index in [0.717, 1.165) is 4.90 Å². The van der Waals surface area contributed by atoms with E-state index in [2.05, 4.69) is 5.32 Å². The molecule has 1 atom stereocenters. The lowest BCUT2D eigenvalue weighted by molar-refractivity contribution is -0.136. The maximum Gasteiger partial charge on any atom is 0.339 e. The van der Waals surface area contributed by atoms with Crippen molar-refractivity contribution in [3.05, 3.63) is 22.7 Å². The maximum atomic E-state index is 12.2. The molecule has 2 heterocycles. The van der Waals surface area contributed by atoms with Crippen molar-refractivity contribution in [2.24, 2.45) is 0 Å². The van der Waals surface area contributed by atoms with Crippen molar-refractivity contribution in [2.75, 3.05) is 19.9 Å². The summed E-state index contributed by atoms with van der Waals surface area (Å²) >= 11 is 6.00. The molecular weight excluding hydrogens is 328 g/mol. The summed E-state index contributed by atoms with van der Waals surface area (Å²) in [6.07, 6.45) is -1.10. The molecule has 9 heteroatoms. The second-order valence-corrected chi connectivity index (χ2v) is 5.37. The highest BCUT2D eigenvalue weighted by molar-refractivity contribution is 6.32. The number of benzene rings is 1. The van der Waals surface area contributed by atoms with Crippen molar-refractivity contribution < 1.29 is 28.6 Å². The molecule has 1 N–H and O–H groups in total. The van der Waals surface area contributed by atoms with Crippen LogP contribution in [0.2, 0.25) is 5.02 Å². The van der Waals surface area contributed by atoms with Crippen molar-refractivity contribution in [3.8, 4) is 11.5 Å². The van der Waals surface area contributed by atoms with Gasteiger partial charge in [-0.25, -0.2) is 9.59 Å². The van der Waals surface area contributed by atoms with Gasteiger partial charge in [0.15, 0.2) is 17.6 Å². The van der Waals surface area contributed by atoms with Gasteiger partial charge < -0.3 is 19.5 Å². The zero-order valence-electron chi connectivity index (χ0n) is 12.1. The monoisotopic (exact) mass is 340 g/mol. The van der Waals surface area contributed by atoms with Crippen molar-refractivity contribution in [1.82, 2.24) is 10.2 Å². The summed E-state index contributed by atoms with van der Waals surface area (Å²) in [4.78, 5) is 36.7. The third kappa shape index (κ3) is 2.89. The number of hydrogen-bond acceptors (Lipinski definition) is 6. The topological polar surface area (TPSA) is 94.2 Å². The Morgan fingerprint density at radius 1 is 1.39 bits per heavy atom. The zero-order chi connectivity index (χ0) is 16.6. The number of ether oxygens (including phenoxy) is 3. The Morgan fingerprint density at radius 2 is 2.17 bits per heavy atom. The summed E-state index contributed by atoms with van der Waals surface area (Å²) in [6.45, 7) is 2.05. The Bertz CT molecular complexity index is 692. The molecule has 0 aromatic heterocycles. The molecule has 1 saturated heterocycles. The summed E-state index contributed by atoms with van der Waals surface area (Å²) in [7, 11) is 0. The van der Waals surface area contributed by atoms with Gasteiger partial charge >= 0.3 is 12.0 Å². The number of nitrogens with zero attached hydrogens (tertiary/aromatic N) is 1. The molecule has 122 valence electrons. The fourth-order valence-electron chi connectivity index (χ4n) is 2.27. The Kier molecular flexibility index (Phi) is 3.99. The first-order chi connectivity index (χ1) is 11.0. The van der Waals surface area contributed by atoms with Gasteiger partial charge in [0.2, 0.25) is 6.79 Å². The predicted molar refractivity (Wildman–Crippen MR) is 77.6 cm³/mol. The summed E-state index contributed by atoms with van der Waals surface area (Å²) in [5.41, 5.74) is 0.129. The van der Waals surface area contributed by atoms with Gasteiger partial charge in [-0.2, -0.15) is 0 Å². The fourth-order valence-corrected chi connectivity index (χ4v) is 2.53. The molecule has 1 fully saturated rings.